The van der Waals surface area contributed by atoms with Gasteiger partial charge in [-0.2, -0.15) is 0 Å². The molecule has 0 spiro atoms. The normalized spacial score (nSPS) is 13.7. The molecular weight excluding hydrogens is 419 g/mol. The molecule has 6 nitrogen and oxygen atoms in total. The Bertz CT molecular complexity index is 530. The number of ether oxygens (including phenoxy) is 1. The van der Waals surface area contributed by atoms with Crippen molar-refractivity contribution < 1.29 is 9.53 Å². The lowest BCUT2D eigenvalue weighted by Crippen LogP contribution is -2.41. The van der Waals surface area contributed by atoms with Gasteiger partial charge >= 0.3 is 0 Å². The van der Waals surface area contributed by atoms with Crippen LogP contribution >= 0.6 is 24.0 Å². The largest absolute Gasteiger partial charge is 0.497 e. The van der Waals surface area contributed by atoms with Crippen molar-refractivity contribution in [3.63, 3.8) is 0 Å². The van der Waals surface area contributed by atoms with Crippen molar-refractivity contribution in [2.24, 2.45) is 10.9 Å². The van der Waals surface area contributed by atoms with E-state index >= 15 is 0 Å². The van der Waals surface area contributed by atoms with Crippen LogP contribution < -0.4 is 20.7 Å². The van der Waals surface area contributed by atoms with Crippen LogP contribution in [0, 0.1) is 5.92 Å². The lowest BCUT2D eigenvalue weighted by atomic mass is 10.2. The van der Waals surface area contributed by atoms with Crippen LogP contribution in [0.25, 0.3) is 0 Å². The summed E-state index contributed by atoms with van der Waals surface area (Å²) in [5.41, 5.74) is 1.12. The zero-order chi connectivity index (χ0) is 16.5. The number of nitrogens with zero attached hydrogens (tertiary/aromatic N) is 1. The minimum Gasteiger partial charge on any atom is -0.497 e. The number of nitrogens with one attached hydrogen (secondary N) is 3. The molecule has 0 unspecified atom stereocenters. The van der Waals surface area contributed by atoms with Crippen molar-refractivity contribution in [3.8, 4) is 5.75 Å². The fourth-order valence-electron chi connectivity index (χ4n) is 2.10. The first kappa shape index (κ1) is 20.5. The molecular formula is C17H27IN4O2. The van der Waals surface area contributed by atoms with E-state index in [0.717, 1.165) is 36.7 Å². The van der Waals surface area contributed by atoms with E-state index in [1.54, 1.807) is 7.11 Å². The lowest BCUT2D eigenvalue weighted by molar-refractivity contribution is -0.122. The summed E-state index contributed by atoms with van der Waals surface area (Å²) in [6.07, 6.45) is 2.07. The summed E-state index contributed by atoms with van der Waals surface area (Å²) >= 11 is 0. The molecule has 1 aromatic carbocycles. The highest BCUT2D eigenvalue weighted by Crippen LogP contribution is 2.28. The average molecular weight is 446 g/mol. The van der Waals surface area contributed by atoms with Gasteiger partial charge in [-0.15, -0.1) is 24.0 Å². The number of hydrogen-bond acceptors (Lipinski definition) is 3. The third-order valence-electron chi connectivity index (χ3n) is 3.59. The Morgan fingerprint density at radius 1 is 1.17 bits per heavy atom. The molecule has 7 heteroatoms. The van der Waals surface area contributed by atoms with Gasteiger partial charge in [-0.05, 0) is 37.5 Å². The highest BCUT2D eigenvalue weighted by atomic mass is 127. The predicted molar refractivity (Wildman–Crippen MR) is 107 cm³/mol. The van der Waals surface area contributed by atoms with Crippen molar-refractivity contribution in [1.82, 2.24) is 16.0 Å². The maximum atomic E-state index is 11.5. The van der Waals surface area contributed by atoms with Gasteiger partial charge in [0.05, 0.1) is 13.7 Å². The second kappa shape index (κ2) is 11.1. The van der Waals surface area contributed by atoms with Gasteiger partial charge in [-0.25, -0.2) is 4.99 Å². The average Bonchev–Trinajstić information content (AvgIpc) is 3.41. The van der Waals surface area contributed by atoms with Crippen LogP contribution in [-0.4, -0.2) is 38.6 Å². The maximum absolute atomic E-state index is 11.5. The fraction of sp³-hybridized carbons (Fsp3) is 0.529. The van der Waals surface area contributed by atoms with E-state index in [1.165, 1.54) is 0 Å². The number of rotatable bonds is 8. The summed E-state index contributed by atoms with van der Waals surface area (Å²) in [5, 5.41) is 9.36. The van der Waals surface area contributed by atoms with E-state index in [9.17, 15) is 4.79 Å². The monoisotopic (exact) mass is 446 g/mol. The third-order valence-corrected chi connectivity index (χ3v) is 3.59. The smallest absolute Gasteiger partial charge is 0.223 e. The van der Waals surface area contributed by atoms with Crippen molar-refractivity contribution in [2.75, 3.05) is 26.7 Å². The van der Waals surface area contributed by atoms with Crippen molar-refractivity contribution in [1.29, 1.82) is 0 Å². The summed E-state index contributed by atoms with van der Waals surface area (Å²) < 4.78 is 5.14. The Balaban J connectivity index is 0.00000288. The van der Waals surface area contributed by atoms with Gasteiger partial charge in [0.2, 0.25) is 5.91 Å². The number of aliphatic imine (C=N–C) groups is 1. The number of guanidine groups is 1. The molecule has 0 atom stereocenters. The first-order chi connectivity index (χ1) is 11.2. The molecule has 0 bridgehead atoms. The Morgan fingerprint density at radius 2 is 1.83 bits per heavy atom. The zero-order valence-electron chi connectivity index (χ0n) is 14.3. The molecule has 0 aliphatic heterocycles. The Labute approximate surface area is 160 Å². The molecule has 1 saturated carbocycles. The quantitative estimate of drug-likeness (QED) is 0.247. The van der Waals surface area contributed by atoms with Gasteiger partial charge in [0.1, 0.15) is 5.75 Å². The molecule has 1 aliphatic rings. The van der Waals surface area contributed by atoms with Gasteiger partial charge < -0.3 is 20.7 Å². The molecule has 1 amide bonds. The highest BCUT2D eigenvalue weighted by Gasteiger charge is 2.28. The van der Waals surface area contributed by atoms with Crippen LogP contribution in [0.5, 0.6) is 5.75 Å². The van der Waals surface area contributed by atoms with E-state index in [1.807, 2.05) is 31.2 Å². The Kier molecular flexibility index (Phi) is 9.51. The minimum atomic E-state index is 0. The molecule has 0 radical (unpaired) electrons. The van der Waals surface area contributed by atoms with Crippen molar-refractivity contribution in [3.05, 3.63) is 29.8 Å². The Morgan fingerprint density at radius 3 is 2.42 bits per heavy atom. The number of hydrogen-bond donors (Lipinski definition) is 3. The first-order valence-corrected chi connectivity index (χ1v) is 8.15. The lowest BCUT2D eigenvalue weighted by Gasteiger charge is -2.12. The van der Waals surface area contributed by atoms with E-state index in [-0.39, 0.29) is 35.8 Å². The molecule has 1 fully saturated rings. The standard InChI is InChI=1S/C17H26N4O2.HI/c1-3-18-17(20-11-10-19-16(22)14-6-7-14)21-12-13-4-8-15(23-2)9-5-13;/h4-5,8-9,14H,3,6-7,10-12H2,1-2H3,(H,19,22)(H2,18,20,21);1H. The summed E-state index contributed by atoms with van der Waals surface area (Å²) in [6, 6.07) is 7.86. The number of benzene rings is 1. The maximum Gasteiger partial charge on any atom is 0.223 e. The van der Waals surface area contributed by atoms with E-state index in [4.69, 9.17) is 4.74 Å². The van der Waals surface area contributed by atoms with Gasteiger partial charge in [0.25, 0.3) is 0 Å². The van der Waals surface area contributed by atoms with Crippen LogP contribution in [0.15, 0.2) is 29.3 Å². The van der Waals surface area contributed by atoms with Gasteiger partial charge in [-0.1, -0.05) is 12.1 Å². The van der Waals surface area contributed by atoms with Crippen molar-refractivity contribution in [2.45, 2.75) is 26.3 Å². The molecule has 1 aromatic rings. The predicted octanol–water partition coefficient (Wildman–Crippen LogP) is 1.89. The van der Waals surface area contributed by atoms with E-state index in [0.29, 0.717) is 19.6 Å². The van der Waals surface area contributed by atoms with Crippen LogP contribution in [-0.2, 0) is 11.3 Å². The fourth-order valence-corrected chi connectivity index (χ4v) is 2.10. The summed E-state index contributed by atoms with van der Waals surface area (Å²) in [4.78, 5) is 16.1. The molecule has 0 aromatic heterocycles. The SMILES string of the molecule is CCNC(=NCc1ccc(OC)cc1)NCCNC(=O)C1CC1.I. The van der Waals surface area contributed by atoms with Crippen LogP contribution in [0.4, 0.5) is 0 Å². The van der Waals surface area contributed by atoms with Gasteiger partial charge in [-0.3, -0.25) is 4.79 Å². The van der Waals surface area contributed by atoms with Gasteiger partial charge in [0, 0.05) is 25.6 Å². The molecule has 2 rings (SSSR count). The third kappa shape index (κ3) is 7.37. The zero-order valence-corrected chi connectivity index (χ0v) is 16.6. The topological polar surface area (TPSA) is 74.8 Å². The molecule has 0 saturated heterocycles. The summed E-state index contributed by atoms with van der Waals surface area (Å²) in [5.74, 6) is 2.03. The Hall–Kier alpha value is -1.51. The molecule has 0 heterocycles. The summed E-state index contributed by atoms with van der Waals surface area (Å²) in [7, 11) is 1.66. The first-order valence-electron chi connectivity index (χ1n) is 8.15. The second-order valence-electron chi connectivity index (χ2n) is 5.54. The van der Waals surface area contributed by atoms with Crippen molar-refractivity contribution >= 4 is 35.8 Å². The van der Waals surface area contributed by atoms with Crippen LogP contribution in [0.1, 0.15) is 25.3 Å². The van der Waals surface area contributed by atoms with E-state index < -0.39 is 0 Å². The number of methoxy groups -OCH3 is 1. The molecule has 1 aliphatic carbocycles. The van der Waals surface area contributed by atoms with Gasteiger partial charge in [0.15, 0.2) is 5.96 Å². The molecule has 134 valence electrons. The highest BCUT2D eigenvalue weighted by molar-refractivity contribution is 14.0. The minimum absolute atomic E-state index is 0. The van der Waals surface area contributed by atoms with E-state index in [2.05, 4.69) is 20.9 Å². The molecule has 3 N–H and O–H groups in total. The number of carbonyl (C=O) groups is 1. The summed E-state index contributed by atoms with van der Waals surface area (Å²) in [6.45, 7) is 4.69. The molecule has 24 heavy (non-hydrogen) atoms. The number of amides is 1. The number of halogens is 1. The number of carbonyl (C=O) groups excluding carboxylic acids is 1. The second-order valence-corrected chi connectivity index (χ2v) is 5.54. The van der Waals surface area contributed by atoms with Crippen LogP contribution in [0.2, 0.25) is 0 Å². The van der Waals surface area contributed by atoms with Crippen LogP contribution in [0.3, 0.4) is 0 Å².